The highest BCUT2D eigenvalue weighted by atomic mass is 79.9. The van der Waals surface area contributed by atoms with Crippen LogP contribution in [0.25, 0.3) is 6.08 Å². The number of carbonyl (C=O) groups excluding carboxylic acids is 1. The van der Waals surface area contributed by atoms with Crippen molar-refractivity contribution in [2.24, 2.45) is 4.99 Å². The summed E-state index contributed by atoms with van der Waals surface area (Å²) in [5.74, 6) is 0.762. The van der Waals surface area contributed by atoms with Crippen molar-refractivity contribution >= 4 is 39.3 Å². The number of esters is 1. The fourth-order valence-electron chi connectivity index (χ4n) is 3.88. The van der Waals surface area contributed by atoms with Crippen LogP contribution in [-0.2, 0) is 9.53 Å². The Morgan fingerprint density at radius 1 is 1.21 bits per heavy atom. The molecule has 0 saturated heterocycles. The number of hydrogen-bond acceptors (Lipinski definition) is 7. The molecule has 4 rings (SSSR count). The minimum Gasteiger partial charge on any atom is -0.497 e. The highest BCUT2D eigenvalue weighted by Crippen LogP contribution is 2.32. The lowest BCUT2D eigenvalue weighted by Gasteiger charge is -2.25. The molecule has 9 heteroatoms. The van der Waals surface area contributed by atoms with Crippen molar-refractivity contribution < 1.29 is 19.0 Å². The predicted molar refractivity (Wildman–Crippen MR) is 134 cm³/mol. The summed E-state index contributed by atoms with van der Waals surface area (Å²) < 4.78 is 19.1. The summed E-state index contributed by atoms with van der Waals surface area (Å²) in [7, 11) is 3.16. The number of ether oxygens (including phenoxy) is 3. The SMILES string of the molecule is CCOC(=O)C1=C(C)N=c2s/c(=C/c3cc(Br)ccc3OC)c(=O)n2C1c1cccc(OC)c1. The molecule has 176 valence electrons. The fourth-order valence-corrected chi connectivity index (χ4v) is 5.29. The summed E-state index contributed by atoms with van der Waals surface area (Å²) in [6.07, 6.45) is 1.78. The van der Waals surface area contributed by atoms with Crippen molar-refractivity contribution in [2.45, 2.75) is 19.9 Å². The molecular formula is C25H23BrN2O5S. The molecule has 1 unspecified atom stereocenters. The van der Waals surface area contributed by atoms with Crippen LogP contribution in [0, 0.1) is 0 Å². The molecule has 0 aliphatic carbocycles. The van der Waals surface area contributed by atoms with Gasteiger partial charge in [-0.3, -0.25) is 9.36 Å². The van der Waals surface area contributed by atoms with Crippen LogP contribution in [0.4, 0.5) is 0 Å². The molecule has 0 fully saturated rings. The lowest BCUT2D eigenvalue weighted by molar-refractivity contribution is -0.139. The lowest BCUT2D eigenvalue weighted by Crippen LogP contribution is -2.39. The maximum Gasteiger partial charge on any atom is 0.338 e. The van der Waals surface area contributed by atoms with E-state index < -0.39 is 12.0 Å². The molecule has 2 aromatic carbocycles. The molecule has 0 N–H and O–H groups in total. The molecule has 0 bridgehead atoms. The number of rotatable bonds is 6. The van der Waals surface area contributed by atoms with Crippen molar-refractivity contribution in [1.29, 1.82) is 0 Å². The predicted octanol–water partition coefficient (Wildman–Crippen LogP) is 3.58. The molecule has 3 aromatic rings. The summed E-state index contributed by atoms with van der Waals surface area (Å²) >= 11 is 4.73. The Labute approximate surface area is 208 Å². The normalized spacial score (nSPS) is 15.6. The Morgan fingerprint density at radius 3 is 2.71 bits per heavy atom. The Hall–Kier alpha value is -3.17. The standard InChI is InChI=1S/C25H23BrN2O5S/c1-5-33-24(30)21-14(2)27-25-28(22(21)15-7-6-8-18(12-15)31-3)23(29)20(34-25)13-16-11-17(26)9-10-19(16)32-4/h6-13,22H,5H2,1-4H3/b20-13+. The number of nitrogens with zero attached hydrogens (tertiary/aromatic N) is 2. The Morgan fingerprint density at radius 2 is 2.00 bits per heavy atom. The smallest absolute Gasteiger partial charge is 0.338 e. The third-order valence-corrected chi connectivity index (χ3v) is 6.88. The molecule has 0 radical (unpaired) electrons. The summed E-state index contributed by atoms with van der Waals surface area (Å²) in [6.45, 7) is 3.72. The van der Waals surface area contributed by atoms with Gasteiger partial charge in [-0.15, -0.1) is 0 Å². The minimum absolute atomic E-state index is 0.216. The molecule has 1 aromatic heterocycles. The second-order valence-corrected chi connectivity index (χ2v) is 9.39. The number of fused-ring (bicyclic) bond motifs is 1. The number of methoxy groups -OCH3 is 2. The Balaban J connectivity index is 1.98. The van der Waals surface area contributed by atoms with Gasteiger partial charge in [0, 0.05) is 10.0 Å². The summed E-state index contributed by atoms with van der Waals surface area (Å²) in [5, 5.41) is 0. The number of hydrogen-bond donors (Lipinski definition) is 0. The van der Waals surface area contributed by atoms with Gasteiger partial charge in [-0.2, -0.15) is 0 Å². The van der Waals surface area contributed by atoms with Crippen LogP contribution in [0.2, 0.25) is 0 Å². The van der Waals surface area contributed by atoms with Crippen molar-refractivity contribution in [3.8, 4) is 11.5 Å². The topological polar surface area (TPSA) is 79.1 Å². The van der Waals surface area contributed by atoms with E-state index in [1.807, 2.05) is 42.5 Å². The summed E-state index contributed by atoms with van der Waals surface area (Å²) in [4.78, 5) is 31.8. The van der Waals surface area contributed by atoms with E-state index in [1.165, 1.54) is 11.3 Å². The summed E-state index contributed by atoms with van der Waals surface area (Å²) in [6, 6.07) is 12.2. The molecular weight excluding hydrogens is 520 g/mol. The van der Waals surface area contributed by atoms with Gasteiger partial charge < -0.3 is 14.2 Å². The van der Waals surface area contributed by atoms with Gasteiger partial charge in [0.05, 0.1) is 42.7 Å². The van der Waals surface area contributed by atoms with Gasteiger partial charge in [0.25, 0.3) is 5.56 Å². The molecule has 1 atom stereocenters. The molecule has 2 heterocycles. The van der Waals surface area contributed by atoms with Gasteiger partial charge in [0.2, 0.25) is 0 Å². The third-order valence-electron chi connectivity index (χ3n) is 5.40. The molecule has 1 aliphatic heterocycles. The van der Waals surface area contributed by atoms with E-state index in [0.29, 0.717) is 32.1 Å². The first-order chi connectivity index (χ1) is 16.4. The van der Waals surface area contributed by atoms with E-state index in [1.54, 1.807) is 38.7 Å². The van der Waals surface area contributed by atoms with Gasteiger partial charge in [-0.1, -0.05) is 39.4 Å². The number of aromatic nitrogens is 1. The monoisotopic (exact) mass is 542 g/mol. The molecule has 7 nitrogen and oxygen atoms in total. The zero-order valence-electron chi connectivity index (χ0n) is 19.1. The third kappa shape index (κ3) is 4.45. The largest absolute Gasteiger partial charge is 0.497 e. The van der Waals surface area contributed by atoms with Crippen LogP contribution >= 0.6 is 27.3 Å². The van der Waals surface area contributed by atoms with Crippen molar-refractivity contribution in [1.82, 2.24) is 4.57 Å². The number of thiazole rings is 1. The van der Waals surface area contributed by atoms with Crippen LogP contribution in [0.1, 0.15) is 31.0 Å². The highest BCUT2D eigenvalue weighted by molar-refractivity contribution is 9.10. The van der Waals surface area contributed by atoms with E-state index in [0.717, 1.165) is 15.6 Å². The number of carbonyl (C=O) groups is 1. The van der Waals surface area contributed by atoms with Crippen molar-refractivity contribution in [3.63, 3.8) is 0 Å². The van der Waals surface area contributed by atoms with Gasteiger partial charge in [-0.05, 0) is 55.8 Å². The first-order valence-electron chi connectivity index (χ1n) is 10.5. The fraction of sp³-hybridized carbons (Fsp3) is 0.240. The maximum atomic E-state index is 13.7. The molecule has 0 amide bonds. The Bertz CT molecular complexity index is 1470. The first-order valence-corrected chi connectivity index (χ1v) is 12.2. The molecule has 34 heavy (non-hydrogen) atoms. The quantitative estimate of drug-likeness (QED) is 0.445. The zero-order valence-corrected chi connectivity index (χ0v) is 21.5. The maximum absolute atomic E-state index is 13.7. The molecule has 0 saturated carbocycles. The van der Waals surface area contributed by atoms with Gasteiger partial charge in [0.15, 0.2) is 4.80 Å². The van der Waals surface area contributed by atoms with Crippen LogP contribution in [-0.4, -0.2) is 31.4 Å². The summed E-state index contributed by atoms with van der Waals surface area (Å²) in [5.41, 5.74) is 2.06. The number of benzene rings is 2. The van der Waals surface area contributed by atoms with Gasteiger partial charge >= 0.3 is 5.97 Å². The highest BCUT2D eigenvalue weighted by Gasteiger charge is 2.33. The number of allylic oxidation sites excluding steroid dienone is 1. The Kier molecular flexibility index (Phi) is 7.04. The van der Waals surface area contributed by atoms with Crippen LogP contribution < -0.4 is 24.4 Å². The van der Waals surface area contributed by atoms with Crippen LogP contribution in [0.5, 0.6) is 11.5 Å². The molecule has 0 spiro atoms. The first kappa shape index (κ1) is 24.0. The zero-order chi connectivity index (χ0) is 24.4. The van der Waals surface area contributed by atoms with Crippen molar-refractivity contribution in [2.75, 3.05) is 20.8 Å². The van der Waals surface area contributed by atoms with E-state index >= 15 is 0 Å². The van der Waals surface area contributed by atoms with E-state index in [-0.39, 0.29) is 12.2 Å². The second-order valence-electron chi connectivity index (χ2n) is 7.47. The van der Waals surface area contributed by atoms with E-state index in [4.69, 9.17) is 14.2 Å². The average Bonchev–Trinajstić information content (AvgIpc) is 3.12. The van der Waals surface area contributed by atoms with Crippen molar-refractivity contribution in [3.05, 3.63) is 89.0 Å². The minimum atomic E-state index is -0.697. The van der Waals surface area contributed by atoms with Crippen LogP contribution in [0.3, 0.4) is 0 Å². The molecule has 1 aliphatic rings. The van der Waals surface area contributed by atoms with E-state index in [2.05, 4.69) is 20.9 Å². The van der Waals surface area contributed by atoms with Gasteiger partial charge in [-0.25, -0.2) is 9.79 Å². The average molecular weight is 543 g/mol. The lowest BCUT2D eigenvalue weighted by atomic mass is 9.95. The number of halogens is 1. The van der Waals surface area contributed by atoms with Crippen LogP contribution in [0.15, 0.2) is 68.0 Å². The van der Waals surface area contributed by atoms with Gasteiger partial charge in [0.1, 0.15) is 11.5 Å². The van der Waals surface area contributed by atoms with E-state index in [9.17, 15) is 9.59 Å². The second kappa shape index (κ2) is 9.99.